The highest BCUT2D eigenvalue weighted by molar-refractivity contribution is 5.51. The van der Waals surface area contributed by atoms with Crippen LogP contribution in [0.3, 0.4) is 0 Å². The third kappa shape index (κ3) is 3.92. The van der Waals surface area contributed by atoms with E-state index in [1.807, 2.05) is 6.07 Å². The molecule has 0 aliphatic carbocycles. The molecule has 1 atom stereocenters. The number of nitrogens with zero attached hydrogens (tertiary/aromatic N) is 2. The summed E-state index contributed by atoms with van der Waals surface area (Å²) >= 11 is 0. The van der Waals surface area contributed by atoms with Crippen LogP contribution in [0.25, 0.3) is 11.4 Å². The third-order valence-electron chi connectivity index (χ3n) is 2.92. The van der Waals surface area contributed by atoms with Crippen molar-refractivity contribution in [3.63, 3.8) is 0 Å². The highest BCUT2D eigenvalue weighted by Gasteiger charge is 2.16. The van der Waals surface area contributed by atoms with E-state index in [1.54, 1.807) is 12.5 Å². The van der Waals surface area contributed by atoms with Gasteiger partial charge in [-0.05, 0) is 24.9 Å². The molecule has 0 aliphatic rings. The Morgan fingerprint density at radius 3 is 2.84 bits per heavy atom. The Morgan fingerprint density at radius 2 is 2.21 bits per heavy atom. The molecular weight excluding hydrogens is 242 g/mol. The summed E-state index contributed by atoms with van der Waals surface area (Å²) in [7, 11) is 0. The predicted octanol–water partition coefficient (Wildman–Crippen LogP) is 2.90. The van der Waals surface area contributed by atoms with E-state index in [-0.39, 0.29) is 0 Å². The van der Waals surface area contributed by atoms with E-state index in [9.17, 15) is 0 Å². The van der Waals surface area contributed by atoms with Crippen LogP contribution in [0.15, 0.2) is 27.5 Å². The van der Waals surface area contributed by atoms with Crippen molar-refractivity contribution in [2.75, 3.05) is 6.54 Å². The number of likely N-dealkylation sites (N-methyl/N-ethyl adjacent to an activating group) is 1. The smallest absolute Gasteiger partial charge is 0.228 e. The van der Waals surface area contributed by atoms with Crippen LogP contribution in [0.4, 0.5) is 0 Å². The predicted molar refractivity (Wildman–Crippen MR) is 72.6 cm³/mol. The lowest BCUT2D eigenvalue weighted by Gasteiger charge is -2.17. The highest BCUT2D eigenvalue weighted by Crippen LogP contribution is 2.17. The van der Waals surface area contributed by atoms with Gasteiger partial charge >= 0.3 is 0 Å². The first kappa shape index (κ1) is 13.8. The van der Waals surface area contributed by atoms with Crippen LogP contribution in [0, 0.1) is 5.92 Å². The quantitative estimate of drug-likeness (QED) is 0.832. The van der Waals surface area contributed by atoms with E-state index in [1.165, 1.54) is 0 Å². The van der Waals surface area contributed by atoms with Crippen LogP contribution in [0.5, 0.6) is 0 Å². The minimum absolute atomic E-state index is 0.377. The van der Waals surface area contributed by atoms with Gasteiger partial charge in [-0.2, -0.15) is 4.98 Å². The van der Waals surface area contributed by atoms with Crippen LogP contribution in [-0.4, -0.2) is 22.7 Å². The van der Waals surface area contributed by atoms with Crippen molar-refractivity contribution in [1.82, 2.24) is 15.5 Å². The normalized spacial score (nSPS) is 13.1. The average molecular weight is 263 g/mol. The molecule has 2 rings (SSSR count). The van der Waals surface area contributed by atoms with Gasteiger partial charge in [0.15, 0.2) is 0 Å². The highest BCUT2D eigenvalue weighted by atomic mass is 16.5. The number of hydrogen-bond donors (Lipinski definition) is 1. The SMILES string of the molecule is CCNC(Cc1nc(-c2ccoc2)no1)CC(C)C. The van der Waals surface area contributed by atoms with E-state index in [0.717, 1.165) is 24.9 Å². The maximum absolute atomic E-state index is 5.30. The summed E-state index contributed by atoms with van der Waals surface area (Å²) < 4.78 is 10.3. The molecule has 2 aromatic rings. The van der Waals surface area contributed by atoms with Crippen molar-refractivity contribution < 1.29 is 8.94 Å². The maximum Gasteiger partial charge on any atom is 0.228 e. The summed E-state index contributed by atoms with van der Waals surface area (Å²) in [5, 5.41) is 7.44. The first-order valence-electron chi connectivity index (χ1n) is 6.77. The lowest BCUT2D eigenvalue weighted by atomic mass is 10.0. The van der Waals surface area contributed by atoms with Gasteiger partial charge in [-0.1, -0.05) is 25.9 Å². The minimum atomic E-state index is 0.377. The van der Waals surface area contributed by atoms with E-state index in [4.69, 9.17) is 8.94 Å². The Hall–Kier alpha value is -1.62. The van der Waals surface area contributed by atoms with Crippen LogP contribution in [0.1, 0.15) is 33.1 Å². The van der Waals surface area contributed by atoms with Gasteiger partial charge in [0.25, 0.3) is 0 Å². The Morgan fingerprint density at radius 1 is 1.37 bits per heavy atom. The second kappa shape index (κ2) is 6.52. The van der Waals surface area contributed by atoms with Crippen LogP contribution < -0.4 is 5.32 Å². The molecule has 0 aliphatic heterocycles. The second-order valence-electron chi connectivity index (χ2n) is 5.11. The summed E-state index contributed by atoms with van der Waals surface area (Å²) in [5.41, 5.74) is 0.846. The molecule has 0 fully saturated rings. The summed E-state index contributed by atoms with van der Waals surface area (Å²) in [4.78, 5) is 4.40. The fraction of sp³-hybridized carbons (Fsp3) is 0.571. The summed E-state index contributed by atoms with van der Waals surface area (Å²) in [6.07, 6.45) is 5.07. The molecule has 0 saturated carbocycles. The summed E-state index contributed by atoms with van der Waals surface area (Å²) in [5.74, 6) is 1.90. The van der Waals surface area contributed by atoms with Crippen molar-refractivity contribution in [2.24, 2.45) is 5.92 Å². The van der Waals surface area contributed by atoms with Crippen molar-refractivity contribution in [3.05, 3.63) is 24.5 Å². The van der Waals surface area contributed by atoms with Gasteiger partial charge in [-0.15, -0.1) is 0 Å². The molecule has 5 nitrogen and oxygen atoms in total. The Kier molecular flexibility index (Phi) is 4.74. The van der Waals surface area contributed by atoms with Gasteiger partial charge in [0.1, 0.15) is 6.26 Å². The molecule has 0 amide bonds. The molecule has 0 saturated heterocycles. The Balaban J connectivity index is 2.01. The molecule has 0 aromatic carbocycles. The first-order chi connectivity index (χ1) is 9.19. The summed E-state index contributed by atoms with van der Waals surface area (Å²) in [6.45, 7) is 7.49. The van der Waals surface area contributed by atoms with Crippen molar-refractivity contribution in [1.29, 1.82) is 0 Å². The molecule has 5 heteroatoms. The molecular formula is C14H21N3O2. The first-order valence-corrected chi connectivity index (χ1v) is 6.77. The zero-order valence-electron chi connectivity index (χ0n) is 11.7. The van der Waals surface area contributed by atoms with Gasteiger partial charge in [-0.3, -0.25) is 0 Å². The van der Waals surface area contributed by atoms with Gasteiger partial charge in [0, 0.05) is 12.5 Å². The van der Waals surface area contributed by atoms with Crippen LogP contribution in [0.2, 0.25) is 0 Å². The molecule has 19 heavy (non-hydrogen) atoms. The third-order valence-corrected chi connectivity index (χ3v) is 2.92. The topological polar surface area (TPSA) is 64.1 Å². The summed E-state index contributed by atoms with van der Waals surface area (Å²) in [6, 6.07) is 2.20. The zero-order chi connectivity index (χ0) is 13.7. The Bertz CT molecular complexity index is 477. The van der Waals surface area contributed by atoms with Crippen molar-refractivity contribution in [3.8, 4) is 11.4 Å². The number of rotatable bonds is 7. The Labute approximate surface area is 113 Å². The van der Waals surface area contributed by atoms with Gasteiger partial charge < -0.3 is 14.3 Å². The van der Waals surface area contributed by atoms with Gasteiger partial charge in [0.2, 0.25) is 11.7 Å². The molecule has 0 bridgehead atoms. The molecule has 2 aromatic heterocycles. The minimum Gasteiger partial charge on any atom is -0.472 e. The van der Waals surface area contributed by atoms with E-state index in [2.05, 4.69) is 36.2 Å². The molecule has 1 N–H and O–H groups in total. The van der Waals surface area contributed by atoms with E-state index < -0.39 is 0 Å². The zero-order valence-corrected chi connectivity index (χ0v) is 11.7. The molecule has 2 heterocycles. The number of nitrogens with one attached hydrogen (secondary N) is 1. The van der Waals surface area contributed by atoms with Crippen LogP contribution >= 0.6 is 0 Å². The number of hydrogen-bond acceptors (Lipinski definition) is 5. The van der Waals surface area contributed by atoms with Gasteiger partial charge in [0.05, 0.1) is 11.8 Å². The number of furan rings is 1. The molecule has 0 radical (unpaired) electrons. The standard InChI is InChI=1S/C14H21N3O2/c1-4-15-12(7-10(2)3)8-13-16-14(17-19-13)11-5-6-18-9-11/h5-6,9-10,12,15H,4,7-8H2,1-3H3. The molecule has 1 unspecified atom stereocenters. The van der Waals surface area contributed by atoms with Gasteiger partial charge in [-0.25, -0.2) is 0 Å². The second-order valence-corrected chi connectivity index (χ2v) is 5.11. The maximum atomic E-state index is 5.30. The van der Waals surface area contributed by atoms with Crippen molar-refractivity contribution >= 4 is 0 Å². The lowest BCUT2D eigenvalue weighted by Crippen LogP contribution is -2.32. The average Bonchev–Trinajstić information content (AvgIpc) is 2.97. The largest absolute Gasteiger partial charge is 0.472 e. The molecule has 104 valence electrons. The monoisotopic (exact) mass is 263 g/mol. The van der Waals surface area contributed by atoms with Crippen molar-refractivity contribution in [2.45, 2.75) is 39.7 Å². The lowest BCUT2D eigenvalue weighted by molar-refractivity contribution is 0.340. The fourth-order valence-corrected chi connectivity index (χ4v) is 2.15. The number of aromatic nitrogens is 2. The fourth-order valence-electron chi connectivity index (χ4n) is 2.15. The van der Waals surface area contributed by atoms with E-state index >= 15 is 0 Å². The van der Waals surface area contributed by atoms with E-state index in [0.29, 0.717) is 23.7 Å². The van der Waals surface area contributed by atoms with Crippen LogP contribution in [-0.2, 0) is 6.42 Å². The molecule has 0 spiro atoms.